The molecule has 8 heteroatoms. The number of hydrogen-bond donors (Lipinski definition) is 2. The Morgan fingerprint density at radius 1 is 0.765 bits per heavy atom. The van der Waals surface area contributed by atoms with E-state index >= 15 is 0 Å². The van der Waals surface area contributed by atoms with Gasteiger partial charge < -0.3 is 19.7 Å². The van der Waals surface area contributed by atoms with Crippen LogP contribution in [0.4, 0.5) is 0 Å². The molecule has 0 bridgehead atoms. The Morgan fingerprint density at radius 3 is 1.47 bits per heavy atom. The van der Waals surface area contributed by atoms with Gasteiger partial charge in [-0.2, -0.15) is 0 Å². The van der Waals surface area contributed by atoms with Gasteiger partial charge in [0.1, 0.15) is 5.60 Å². The molecular weight excluding hydrogens is 436 g/mol. The van der Waals surface area contributed by atoms with Crippen molar-refractivity contribution in [3.8, 4) is 0 Å². The Morgan fingerprint density at radius 2 is 1.15 bits per heavy atom. The predicted octanol–water partition coefficient (Wildman–Crippen LogP) is 2.60. The standard InChI is InChI=1S/C26H48N2O6/c1-3-33-24(30)17-27(15-22-11-7-5-8-12-22)19-26(32,21-29)20-28(18-25(31)34-4-2)16-23-13-9-6-10-14-23/h22-23,29,32H,3-21H2,1-2H3. The summed E-state index contributed by atoms with van der Waals surface area (Å²) in [7, 11) is 0. The highest BCUT2D eigenvalue weighted by molar-refractivity contribution is 5.72. The van der Waals surface area contributed by atoms with Crippen molar-refractivity contribution in [2.75, 3.05) is 59.1 Å². The fourth-order valence-electron chi connectivity index (χ4n) is 5.60. The molecule has 0 amide bonds. The molecule has 0 aliphatic heterocycles. The second kappa shape index (κ2) is 15.7. The summed E-state index contributed by atoms with van der Waals surface area (Å²) in [5.74, 6) is 0.321. The van der Waals surface area contributed by atoms with Crippen molar-refractivity contribution in [1.82, 2.24) is 9.80 Å². The molecule has 0 spiro atoms. The number of ether oxygens (including phenoxy) is 2. The first kappa shape index (κ1) is 29.0. The molecule has 0 aromatic heterocycles. The highest BCUT2D eigenvalue weighted by Gasteiger charge is 2.35. The van der Waals surface area contributed by atoms with E-state index in [1.807, 2.05) is 9.80 Å². The number of nitrogens with zero attached hydrogens (tertiary/aromatic N) is 2. The molecule has 0 heterocycles. The molecule has 198 valence electrons. The second-order valence-electron chi connectivity index (χ2n) is 10.3. The maximum Gasteiger partial charge on any atom is 0.320 e. The molecule has 0 unspecified atom stereocenters. The minimum Gasteiger partial charge on any atom is -0.465 e. The highest BCUT2D eigenvalue weighted by Crippen LogP contribution is 2.27. The number of hydrogen-bond acceptors (Lipinski definition) is 8. The van der Waals surface area contributed by atoms with Crippen LogP contribution >= 0.6 is 0 Å². The Kier molecular flexibility index (Phi) is 13.4. The fourth-order valence-corrected chi connectivity index (χ4v) is 5.60. The van der Waals surface area contributed by atoms with Gasteiger partial charge >= 0.3 is 11.9 Å². The molecule has 2 aliphatic rings. The molecular formula is C26H48N2O6. The minimum atomic E-state index is -1.46. The summed E-state index contributed by atoms with van der Waals surface area (Å²) in [6.07, 6.45) is 11.7. The summed E-state index contributed by atoms with van der Waals surface area (Å²) in [5.41, 5.74) is -1.46. The molecule has 2 fully saturated rings. The first-order chi connectivity index (χ1) is 16.4. The van der Waals surface area contributed by atoms with Gasteiger partial charge in [0.05, 0.1) is 32.9 Å². The second-order valence-corrected chi connectivity index (χ2v) is 10.3. The summed E-state index contributed by atoms with van der Waals surface area (Å²) < 4.78 is 10.3. The van der Waals surface area contributed by atoms with Crippen molar-refractivity contribution >= 4 is 11.9 Å². The summed E-state index contributed by atoms with van der Waals surface area (Å²) in [5, 5.41) is 21.7. The Hall–Kier alpha value is -1.22. The molecule has 2 saturated carbocycles. The van der Waals surface area contributed by atoms with Crippen molar-refractivity contribution in [2.45, 2.75) is 83.7 Å². The SMILES string of the molecule is CCOC(=O)CN(CC1CCCCC1)CC(O)(CO)CN(CC(=O)OCC)CC1CCCCC1. The van der Waals surface area contributed by atoms with Crippen molar-refractivity contribution in [2.24, 2.45) is 11.8 Å². The van der Waals surface area contributed by atoms with E-state index in [1.165, 1.54) is 38.5 Å². The zero-order valence-electron chi connectivity index (χ0n) is 21.5. The van der Waals surface area contributed by atoms with Gasteiger partial charge in [0.2, 0.25) is 0 Å². The van der Waals surface area contributed by atoms with Gasteiger partial charge in [-0.05, 0) is 51.4 Å². The summed E-state index contributed by atoms with van der Waals surface area (Å²) >= 11 is 0. The average Bonchev–Trinajstić information content (AvgIpc) is 2.80. The number of rotatable bonds is 15. The van der Waals surface area contributed by atoms with Crippen molar-refractivity contribution in [3.05, 3.63) is 0 Å². The van der Waals surface area contributed by atoms with Crippen molar-refractivity contribution < 1.29 is 29.3 Å². The van der Waals surface area contributed by atoms with Crippen molar-refractivity contribution in [1.29, 1.82) is 0 Å². The molecule has 0 atom stereocenters. The van der Waals surface area contributed by atoms with Gasteiger partial charge in [-0.15, -0.1) is 0 Å². The van der Waals surface area contributed by atoms with Crippen LogP contribution in [0.2, 0.25) is 0 Å². The van der Waals surface area contributed by atoms with Crippen LogP contribution in [0.1, 0.15) is 78.1 Å². The van der Waals surface area contributed by atoms with E-state index in [1.54, 1.807) is 13.8 Å². The van der Waals surface area contributed by atoms with Crippen LogP contribution in [0.3, 0.4) is 0 Å². The number of aliphatic hydroxyl groups excluding tert-OH is 1. The van der Waals surface area contributed by atoms with Crippen molar-refractivity contribution in [3.63, 3.8) is 0 Å². The van der Waals surface area contributed by atoms with E-state index in [0.29, 0.717) is 38.1 Å². The Balaban J connectivity index is 2.09. The Labute approximate surface area is 206 Å². The normalized spacial score (nSPS) is 18.4. The number of carbonyl (C=O) groups excluding carboxylic acids is 2. The first-order valence-corrected chi connectivity index (χ1v) is 13.5. The molecule has 0 aromatic rings. The monoisotopic (exact) mass is 484 g/mol. The van der Waals surface area contributed by atoms with Gasteiger partial charge in [-0.3, -0.25) is 19.4 Å². The maximum absolute atomic E-state index is 12.3. The van der Waals surface area contributed by atoms with Gasteiger partial charge in [-0.25, -0.2) is 0 Å². The summed E-state index contributed by atoms with van der Waals surface area (Å²) in [4.78, 5) is 28.5. The van der Waals surface area contributed by atoms with E-state index in [0.717, 1.165) is 25.7 Å². The molecule has 0 radical (unpaired) electrons. The average molecular weight is 485 g/mol. The number of aliphatic hydroxyl groups is 2. The van der Waals surface area contributed by atoms with E-state index in [2.05, 4.69) is 0 Å². The van der Waals surface area contributed by atoms with Gasteiger partial charge in [0, 0.05) is 26.2 Å². The van der Waals surface area contributed by atoms with E-state index in [4.69, 9.17) is 9.47 Å². The lowest BCUT2D eigenvalue weighted by Crippen LogP contribution is -2.56. The zero-order chi connectivity index (χ0) is 24.8. The molecule has 34 heavy (non-hydrogen) atoms. The molecule has 0 aromatic carbocycles. The van der Waals surface area contributed by atoms with Crippen LogP contribution in [0.25, 0.3) is 0 Å². The number of carbonyl (C=O) groups is 2. The Bertz CT molecular complexity index is 544. The fraction of sp³-hybridized carbons (Fsp3) is 0.923. The van der Waals surface area contributed by atoms with Crippen LogP contribution < -0.4 is 0 Å². The quantitative estimate of drug-likeness (QED) is 0.342. The van der Waals surface area contributed by atoms with Crippen LogP contribution in [-0.4, -0.2) is 96.6 Å². The largest absolute Gasteiger partial charge is 0.465 e. The molecule has 2 rings (SSSR count). The summed E-state index contributed by atoms with van der Waals surface area (Å²) in [6, 6.07) is 0. The van der Waals surface area contributed by atoms with Crippen LogP contribution in [0.15, 0.2) is 0 Å². The van der Waals surface area contributed by atoms with Crippen LogP contribution in [0, 0.1) is 11.8 Å². The molecule has 0 saturated heterocycles. The smallest absolute Gasteiger partial charge is 0.320 e. The molecule has 2 aliphatic carbocycles. The highest BCUT2D eigenvalue weighted by atomic mass is 16.5. The summed E-state index contributed by atoms with van der Waals surface area (Å²) in [6.45, 7) is 5.64. The third kappa shape index (κ3) is 11.0. The van der Waals surface area contributed by atoms with Gasteiger partial charge in [-0.1, -0.05) is 38.5 Å². The topological polar surface area (TPSA) is 99.5 Å². The number of esters is 2. The first-order valence-electron chi connectivity index (χ1n) is 13.5. The third-order valence-electron chi connectivity index (χ3n) is 7.13. The van der Waals surface area contributed by atoms with Crippen LogP contribution in [0.5, 0.6) is 0 Å². The molecule has 8 nitrogen and oxygen atoms in total. The lowest BCUT2D eigenvalue weighted by Gasteiger charge is -2.39. The minimum absolute atomic E-state index is 0.0904. The van der Waals surface area contributed by atoms with Gasteiger partial charge in [0.15, 0.2) is 0 Å². The maximum atomic E-state index is 12.3. The van der Waals surface area contributed by atoms with E-state index in [9.17, 15) is 19.8 Å². The zero-order valence-corrected chi connectivity index (χ0v) is 21.5. The van der Waals surface area contributed by atoms with E-state index in [-0.39, 0.29) is 38.1 Å². The van der Waals surface area contributed by atoms with Gasteiger partial charge in [0.25, 0.3) is 0 Å². The lowest BCUT2D eigenvalue weighted by molar-refractivity contribution is -0.147. The predicted molar refractivity (Wildman–Crippen MR) is 131 cm³/mol. The molecule has 2 N–H and O–H groups in total. The van der Waals surface area contributed by atoms with E-state index < -0.39 is 12.2 Å². The lowest BCUT2D eigenvalue weighted by atomic mass is 9.88. The third-order valence-corrected chi connectivity index (χ3v) is 7.13. The van der Waals surface area contributed by atoms with Crippen LogP contribution in [-0.2, 0) is 19.1 Å².